The number of nitrogens with one attached hydrogen (secondary N) is 2. The van der Waals surface area contributed by atoms with Gasteiger partial charge in [-0.05, 0) is 6.92 Å². The van der Waals surface area contributed by atoms with E-state index in [0.29, 0.717) is 5.56 Å². The summed E-state index contributed by atoms with van der Waals surface area (Å²) in [7, 11) is 0. The topological polar surface area (TPSA) is 65.7 Å². The molecule has 10 heavy (non-hydrogen) atoms. The molecule has 0 aliphatic carbocycles. The molecule has 1 aromatic rings. The van der Waals surface area contributed by atoms with Crippen molar-refractivity contribution in [2.24, 2.45) is 0 Å². The van der Waals surface area contributed by atoms with Gasteiger partial charge in [-0.3, -0.25) is 9.78 Å². The fourth-order valence-electron chi connectivity index (χ4n) is 0.477. The van der Waals surface area contributed by atoms with E-state index in [1.807, 2.05) is 0 Å². The van der Waals surface area contributed by atoms with Crippen molar-refractivity contribution in [3.63, 3.8) is 0 Å². The van der Waals surface area contributed by atoms with Crippen LogP contribution in [0.5, 0.6) is 0 Å². The maximum atomic E-state index is 10.6. The van der Waals surface area contributed by atoms with Crippen molar-refractivity contribution in [1.29, 1.82) is 0 Å². The molecule has 0 aliphatic heterocycles. The molecule has 58 valence electrons. The molecule has 5 heteroatoms. The molecule has 1 rings (SSSR count). The predicted octanol–water partition coefficient (Wildman–Crippen LogP) is -0.631. The molecule has 0 fully saturated rings. The first-order chi connectivity index (χ1) is 4.20. The third-order valence-corrected chi connectivity index (χ3v) is 1.00. The first-order valence-electron chi connectivity index (χ1n) is 2.49. The van der Waals surface area contributed by atoms with Gasteiger partial charge in [0, 0.05) is 32.8 Å². The van der Waals surface area contributed by atoms with Crippen LogP contribution in [-0.4, -0.2) is 9.97 Å². The Morgan fingerprint density at radius 2 is 2.00 bits per heavy atom. The van der Waals surface area contributed by atoms with Gasteiger partial charge in [0.25, 0.3) is 5.56 Å². The molecule has 2 N–H and O–H groups in total. The van der Waals surface area contributed by atoms with Gasteiger partial charge in [-0.1, -0.05) is 0 Å². The second kappa shape index (κ2) is 3.52. The molecule has 4 nitrogen and oxygen atoms in total. The summed E-state index contributed by atoms with van der Waals surface area (Å²) in [6.07, 6.45) is 1.38. The van der Waals surface area contributed by atoms with Gasteiger partial charge in [0.05, 0.1) is 0 Å². The van der Waals surface area contributed by atoms with E-state index < -0.39 is 5.69 Å². The maximum absolute atomic E-state index is 10.6. The van der Waals surface area contributed by atoms with E-state index in [1.54, 1.807) is 6.92 Å². The van der Waals surface area contributed by atoms with Gasteiger partial charge in [0.2, 0.25) is 0 Å². The van der Waals surface area contributed by atoms with Crippen molar-refractivity contribution < 1.29 is 21.1 Å². The van der Waals surface area contributed by atoms with E-state index in [4.69, 9.17) is 0 Å². The number of hydrogen-bond acceptors (Lipinski definition) is 2. The SMILES string of the molecule is Cc1c[nH]c(=O)[nH]c1=O.[Pt]. The monoisotopic (exact) mass is 321 g/mol. The van der Waals surface area contributed by atoms with Crippen molar-refractivity contribution in [3.8, 4) is 0 Å². The van der Waals surface area contributed by atoms with E-state index in [1.165, 1.54) is 6.20 Å². The molecule has 0 amide bonds. The van der Waals surface area contributed by atoms with Crippen molar-refractivity contribution in [3.05, 3.63) is 32.6 Å². The van der Waals surface area contributed by atoms with Crippen LogP contribution < -0.4 is 11.2 Å². The minimum atomic E-state index is -0.467. The number of aromatic nitrogens is 2. The van der Waals surface area contributed by atoms with Gasteiger partial charge < -0.3 is 4.98 Å². The molecule has 0 bridgehead atoms. The average molecular weight is 321 g/mol. The summed E-state index contributed by atoms with van der Waals surface area (Å²) in [5.41, 5.74) is -0.293. The molecular weight excluding hydrogens is 315 g/mol. The molecule has 0 atom stereocenters. The standard InChI is InChI=1S/C5H6N2O2.Pt/c1-3-2-6-5(9)7-4(3)8;/h2H,1H3,(H2,6,7,8,9);. The number of hydrogen-bond donors (Lipinski definition) is 2. The molecule has 0 aliphatic rings. The summed E-state index contributed by atoms with van der Waals surface area (Å²) >= 11 is 0. The predicted molar refractivity (Wildman–Crippen MR) is 32.4 cm³/mol. The van der Waals surface area contributed by atoms with Gasteiger partial charge >= 0.3 is 5.69 Å². The smallest absolute Gasteiger partial charge is 0.314 e. The van der Waals surface area contributed by atoms with Crippen LogP contribution in [0.2, 0.25) is 0 Å². The summed E-state index contributed by atoms with van der Waals surface area (Å²) in [4.78, 5) is 25.3. The van der Waals surface area contributed by atoms with E-state index >= 15 is 0 Å². The van der Waals surface area contributed by atoms with Crippen LogP contribution >= 0.6 is 0 Å². The van der Waals surface area contributed by atoms with E-state index in [2.05, 4.69) is 9.97 Å². The largest absolute Gasteiger partial charge is 0.325 e. The Labute approximate surface area is 70.9 Å². The molecule has 0 aromatic carbocycles. The maximum Gasteiger partial charge on any atom is 0.325 e. The van der Waals surface area contributed by atoms with Crippen molar-refractivity contribution in [2.45, 2.75) is 6.92 Å². The molecule has 0 saturated heterocycles. The van der Waals surface area contributed by atoms with Crippen LogP contribution in [0.4, 0.5) is 0 Å². The van der Waals surface area contributed by atoms with Crippen LogP contribution in [0.3, 0.4) is 0 Å². The first kappa shape index (κ1) is 9.37. The van der Waals surface area contributed by atoms with Gasteiger partial charge in [-0.2, -0.15) is 0 Å². The molecule has 0 saturated carbocycles. The second-order valence-electron chi connectivity index (χ2n) is 1.75. The molecule has 0 spiro atoms. The van der Waals surface area contributed by atoms with Gasteiger partial charge in [-0.25, -0.2) is 4.79 Å². The van der Waals surface area contributed by atoms with Gasteiger partial charge in [0.15, 0.2) is 0 Å². The van der Waals surface area contributed by atoms with Crippen molar-refractivity contribution in [1.82, 2.24) is 9.97 Å². The third kappa shape index (κ3) is 1.95. The van der Waals surface area contributed by atoms with Crippen LogP contribution in [0, 0.1) is 6.92 Å². The normalized spacial score (nSPS) is 8.50. The summed E-state index contributed by atoms with van der Waals surface area (Å²) in [5.74, 6) is 0. The summed E-state index contributed by atoms with van der Waals surface area (Å²) in [5, 5.41) is 0. The number of rotatable bonds is 0. The zero-order valence-electron chi connectivity index (χ0n) is 5.21. The quantitative estimate of drug-likeness (QED) is 0.668. The van der Waals surface area contributed by atoms with E-state index in [9.17, 15) is 9.59 Å². The van der Waals surface area contributed by atoms with Crippen LogP contribution in [0.15, 0.2) is 15.8 Å². The summed E-state index contributed by atoms with van der Waals surface area (Å²) < 4.78 is 0. The summed E-state index contributed by atoms with van der Waals surface area (Å²) in [6.45, 7) is 1.62. The molecular formula is C5H6N2O2Pt. The second-order valence-corrected chi connectivity index (χ2v) is 1.75. The van der Waals surface area contributed by atoms with Crippen molar-refractivity contribution >= 4 is 0 Å². The first-order valence-corrected chi connectivity index (χ1v) is 2.49. The van der Waals surface area contributed by atoms with E-state index in [-0.39, 0.29) is 26.6 Å². The number of H-pyrrole nitrogens is 2. The third-order valence-electron chi connectivity index (χ3n) is 1.00. The minimum Gasteiger partial charge on any atom is -0.314 e. The summed E-state index contributed by atoms with van der Waals surface area (Å²) in [6, 6.07) is 0. The Bertz CT molecular complexity index is 314. The number of aromatic amines is 2. The average Bonchev–Trinajstić information content (AvgIpc) is 1.80. The van der Waals surface area contributed by atoms with Gasteiger partial charge in [-0.15, -0.1) is 0 Å². The van der Waals surface area contributed by atoms with Gasteiger partial charge in [0.1, 0.15) is 0 Å². The minimum absolute atomic E-state index is 0. The Morgan fingerprint density at radius 3 is 2.40 bits per heavy atom. The zero-order valence-corrected chi connectivity index (χ0v) is 7.48. The zero-order chi connectivity index (χ0) is 6.85. The fraction of sp³-hybridized carbons (Fsp3) is 0.200. The van der Waals surface area contributed by atoms with Crippen LogP contribution in [-0.2, 0) is 21.1 Å². The van der Waals surface area contributed by atoms with Crippen LogP contribution in [0.25, 0.3) is 0 Å². The number of aryl methyl sites for hydroxylation is 1. The molecule has 1 aromatic heterocycles. The Morgan fingerprint density at radius 1 is 1.40 bits per heavy atom. The van der Waals surface area contributed by atoms with Crippen molar-refractivity contribution in [2.75, 3.05) is 0 Å². The molecule has 0 unspecified atom stereocenters. The van der Waals surface area contributed by atoms with Crippen LogP contribution in [0.1, 0.15) is 5.56 Å². The fourth-order valence-corrected chi connectivity index (χ4v) is 0.477. The molecule has 1 heterocycles. The Kier molecular flexibility index (Phi) is 3.29. The van der Waals surface area contributed by atoms with E-state index in [0.717, 1.165) is 0 Å². The Hall–Kier alpha value is -0.632. The molecule has 0 radical (unpaired) electrons. The Balaban J connectivity index is 0.000000810.